The van der Waals surface area contributed by atoms with Crippen LogP contribution in [-0.2, 0) is 0 Å². The number of nitrogens with two attached hydrogens (primary N) is 1. The molecule has 1 rings (SSSR count). The highest BCUT2D eigenvalue weighted by molar-refractivity contribution is 14.1. The van der Waals surface area contributed by atoms with E-state index in [1.54, 1.807) is 0 Å². The highest BCUT2D eigenvalue weighted by atomic mass is 127. The Labute approximate surface area is 95.9 Å². The molecule has 0 bridgehead atoms. The van der Waals surface area contributed by atoms with Gasteiger partial charge in [-0.2, -0.15) is 0 Å². The van der Waals surface area contributed by atoms with Crippen LogP contribution in [0.4, 0.5) is 5.82 Å². The van der Waals surface area contributed by atoms with E-state index in [2.05, 4.69) is 9.97 Å². The van der Waals surface area contributed by atoms with E-state index in [1.165, 1.54) is 6.33 Å². The van der Waals surface area contributed by atoms with Crippen molar-refractivity contribution < 1.29 is 0 Å². The Morgan fingerprint density at radius 2 is 2.43 bits per heavy atom. The molecule has 78 valence electrons. The number of anilines is 1. The lowest BCUT2D eigenvalue weighted by Gasteiger charge is -2.20. The van der Waals surface area contributed by atoms with Crippen molar-refractivity contribution in [2.45, 2.75) is 13.0 Å². The second-order valence-corrected chi connectivity index (χ2v) is 4.31. The zero-order valence-electron chi connectivity index (χ0n) is 8.12. The van der Waals surface area contributed by atoms with Crippen LogP contribution in [-0.4, -0.2) is 29.6 Å². The lowest BCUT2D eigenvalue weighted by molar-refractivity contribution is 0.709. The van der Waals surface area contributed by atoms with Gasteiger partial charge in [-0.25, -0.2) is 4.98 Å². The van der Waals surface area contributed by atoms with Crippen LogP contribution < -0.4 is 16.2 Å². The topological polar surface area (TPSA) is 75.0 Å². The van der Waals surface area contributed by atoms with Gasteiger partial charge in [-0.1, -0.05) is 0 Å². The van der Waals surface area contributed by atoms with Gasteiger partial charge in [0.05, 0.1) is 6.33 Å². The summed E-state index contributed by atoms with van der Waals surface area (Å²) in [5.41, 5.74) is 5.54. The largest absolute Gasteiger partial charge is 0.357 e. The Bertz CT molecular complexity index is 363. The van der Waals surface area contributed by atoms with Crippen LogP contribution in [0.2, 0.25) is 0 Å². The Morgan fingerprint density at radius 3 is 3.00 bits per heavy atom. The third-order valence-corrected chi connectivity index (χ3v) is 2.67. The normalized spacial score (nSPS) is 12.6. The molecular formula is C8H13IN4O. The van der Waals surface area contributed by atoms with Gasteiger partial charge in [-0.05, 0) is 29.5 Å². The number of aromatic amines is 1. The molecule has 1 aromatic heterocycles. The molecule has 1 atom stereocenters. The van der Waals surface area contributed by atoms with Crippen molar-refractivity contribution in [3.63, 3.8) is 0 Å². The van der Waals surface area contributed by atoms with Crippen LogP contribution >= 0.6 is 22.6 Å². The van der Waals surface area contributed by atoms with E-state index in [-0.39, 0.29) is 11.6 Å². The third-order valence-electron chi connectivity index (χ3n) is 1.70. The van der Waals surface area contributed by atoms with Crippen molar-refractivity contribution in [1.82, 2.24) is 9.97 Å². The minimum Gasteiger partial charge on any atom is -0.357 e. The standard InChI is InChI=1S/C8H13IN4O/c1-5(10)3-13(2)7-6(9)8(14)12-4-11-7/h4-5H,3,10H2,1-2H3,(H,11,12,14). The maximum Gasteiger partial charge on any atom is 0.266 e. The van der Waals surface area contributed by atoms with Crippen LogP contribution in [0.1, 0.15) is 6.92 Å². The average molecular weight is 308 g/mol. The van der Waals surface area contributed by atoms with Gasteiger partial charge in [0.25, 0.3) is 5.56 Å². The first-order valence-electron chi connectivity index (χ1n) is 4.22. The highest BCUT2D eigenvalue weighted by Crippen LogP contribution is 2.13. The molecule has 0 aliphatic heterocycles. The molecule has 6 heteroatoms. The van der Waals surface area contributed by atoms with Crippen molar-refractivity contribution >= 4 is 28.4 Å². The van der Waals surface area contributed by atoms with Gasteiger partial charge in [-0.3, -0.25) is 4.79 Å². The molecule has 3 N–H and O–H groups in total. The summed E-state index contributed by atoms with van der Waals surface area (Å²) in [7, 11) is 1.87. The number of aromatic nitrogens is 2. The number of nitrogens with one attached hydrogen (secondary N) is 1. The molecule has 0 amide bonds. The second kappa shape index (κ2) is 4.74. The van der Waals surface area contributed by atoms with Crippen molar-refractivity contribution in [3.8, 4) is 0 Å². The van der Waals surface area contributed by atoms with Crippen LogP contribution in [0.5, 0.6) is 0 Å². The molecule has 0 saturated heterocycles. The highest BCUT2D eigenvalue weighted by Gasteiger charge is 2.10. The summed E-state index contributed by atoms with van der Waals surface area (Å²) in [6.45, 7) is 2.59. The summed E-state index contributed by atoms with van der Waals surface area (Å²) in [5.74, 6) is 0.673. The number of hydrogen-bond acceptors (Lipinski definition) is 4. The van der Waals surface area contributed by atoms with E-state index < -0.39 is 0 Å². The summed E-state index contributed by atoms with van der Waals surface area (Å²) >= 11 is 1.98. The smallest absolute Gasteiger partial charge is 0.266 e. The molecule has 1 unspecified atom stereocenters. The van der Waals surface area contributed by atoms with Crippen LogP contribution in [0, 0.1) is 3.57 Å². The fourth-order valence-corrected chi connectivity index (χ4v) is 1.86. The number of likely N-dealkylation sites (N-methyl/N-ethyl adjacent to an activating group) is 1. The molecule has 14 heavy (non-hydrogen) atoms. The number of H-pyrrole nitrogens is 1. The Morgan fingerprint density at radius 1 is 1.79 bits per heavy atom. The van der Waals surface area contributed by atoms with E-state index in [0.717, 1.165) is 0 Å². The minimum atomic E-state index is -0.118. The number of nitrogens with zero attached hydrogens (tertiary/aromatic N) is 2. The monoisotopic (exact) mass is 308 g/mol. The molecule has 0 radical (unpaired) electrons. The van der Waals surface area contributed by atoms with Gasteiger partial charge in [0.1, 0.15) is 9.39 Å². The van der Waals surface area contributed by atoms with E-state index in [4.69, 9.17) is 5.73 Å². The van der Waals surface area contributed by atoms with Gasteiger partial charge in [0, 0.05) is 19.6 Å². The number of halogens is 1. The van der Waals surface area contributed by atoms with Crippen LogP contribution in [0.25, 0.3) is 0 Å². The molecule has 0 aromatic carbocycles. The van der Waals surface area contributed by atoms with E-state index in [9.17, 15) is 4.79 Å². The molecule has 0 aliphatic carbocycles. The van der Waals surface area contributed by atoms with Gasteiger partial charge in [-0.15, -0.1) is 0 Å². The van der Waals surface area contributed by atoms with Gasteiger partial charge in [0.15, 0.2) is 0 Å². The van der Waals surface area contributed by atoms with Gasteiger partial charge < -0.3 is 15.6 Å². The molecular weight excluding hydrogens is 295 g/mol. The molecule has 0 aliphatic rings. The molecule has 1 heterocycles. The first kappa shape index (κ1) is 11.4. The van der Waals surface area contributed by atoms with Crippen LogP contribution in [0.3, 0.4) is 0 Å². The van der Waals surface area contributed by atoms with Crippen molar-refractivity contribution in [2.75, 3.05) is 18.5 Å². The molecule has 0 saturated carbocycles. The molecule has 5 nitrogen and oxygen atoms in total. The van der Waals surface area contributed by atoms with E-state index in [1.807, 2.05) is 41.5 Å². The summed E-state index contributed by atoms with van der Waals surface area (Å²) in [5, 5.41) is 0. The minimum absolute atomic E-state index is 0.0527. The predicted octanol–water partition coefficient (Wildman–Crippen LogP) is 0.158. The molecule has 0 fully saturated rings. The summed E-state index contributed by atoms with van der Waals surface area (Å²) < 4.78 is 0.591. The summed E-state index contributed by atoms with van der Waals surface area (Å²) in [4.78, 5) is 19.8. The fraction of sp³-hybridized carbons (Fsp3) is 0.500. The summed E-state index contributed by atoms with van der Waals surface area (Å²) in [6.07, 6.45) is 1.40. The molecule has 0 spiro atoms. The van der Waals surface area contributed by atoms with Crippen molar-refractivity contribution in [3.05, 3.63) is 20.3 Å². The van der Waals surface area contributed by atoms with E-state index >= 15 is 0 Å². The van der Waals surface area contributed by atoms with Gasteiger partial charge >= 0.3 is 0 Å². The third kappa shape index (κ3) is 2.68. The zero-order chi connectivity index (χ0) is 10.7. The van der Waals surface area contributed by atoms with Crippen molar-refractivity contribution in [2.24, 2.45) is 5.73 Å². The SMILES string of the molecule is CC(N)CN(C)c1nc[nH]c(=O)c1I. The number of rotatable bonds is 3. The first-order valence-corrected chi connectivity index (χ1v) is 5.30. The predicted molar refractivity (Wildman–Crippen MR) is 64.5 cm³/mol. The Kier molecular flexibility index (Phi) is 3.87. The Balaban J connectivity index is 2.95. The maximum absolute atomic E-state index is 11.3. The lowest BCUT2D eigenvalue weighted by atomic mass is 10.3. The van der Waals surface area contributed by atoms with Gasteiger partial charge in [0.2, 0.25) is 0 Å². The van der Waals surface area contributed by atoms with Crippen LogP contribution in [0.15, 0.2) is 11.1 Å². The summed E-state index contributed by atoms with van der Waals surface area (Å²) in [6, 6.07) is 0.0527. The fourth-order valence-electron chi connectivity index (χ4n) is 1.16. The lowest BCUT2D eigenvalue weighted by Crippen LogP contribution is -2.34. The maximum atomic E-state index is 11.3. The zero-order valence-corrected chi connectivity index (χ0v) is 10.3. The molecule has 1 aromatic rings. The number of hydrogen-bond donors (Lipinski definition) is 2. The first-order chi connectivity index (χ1) is 6.52. The Hall–Kier alpha value is -0.630. The second-order valence-electron chi connectivity index (χ2n) is 3.23. The quantitative estimate of drug-likeness (QED) is 0.780. The average Bonchev–Trinajstić information content (AvgIpc) is 2.08. The van der Waals surface area contributed by atoms with Crippen molar-refractivity contribution in [1.29, 1.82) is 0 Å². The van der Waals surface area contributed by atoms with E-state index in [0.29, 0.717) is 15.9 Å².